The maximum absolute atomic E-state index is 13.5. The van der Waals surface area contributed by atoms with Crippen molar-refractivity contribution in [2.24, 2.45) is 5.92 Å². The lowest BCUT2D eigenvalue weighted by atomic mass is 10.1. The number of halogens is 2. The Morgan fingerprint density at radius 3 is 2.75 bits per heavy atom. The number of carbonyl (C=O) groups is 1. The molecule has 0 spiro atoms. The monoisotopic (exact) mass is 300 g/mol. The number of nitrogens with one attached hydrogen (secondary N) is 2. The first-order valence-corrected chi connectivity index (χ1v) is 6.82. The molecule has 1 amide bonds. The highest BCUT2D eigenvalue weighted by atomic mass is 35.5. The second-order valence-corrected chi connectivity index (χ2v) is 5.37. The molecule has 0 bridgehead atoms. The summed E-state index contributed by atoms with van der Waals surface area (Å²) in [5.74, 6) is 0.482. The SMILES string of the molecule is Cc1ccc(C(C)NC(=O)CNCC2CC2)cc1F.Cl. The number of carbonyl (C=O) groups excluding carboxylic acids is 1. The van der Waals surface area contributed by atoms with Gasteiger partial charge in [-0.25, -0.2) is 4.39 Å². The molecule has 3 nitrogen and oxygen atoms in total. The first-order chi connectivity index (χ1) is 9.06. The van der Waals surface area contributed by atoms with Crippen LogP contribution in [0.25, 0.3) is 0 Å². The van der Waals surface area contributed by atoms with Crippen molar-refractivity contribution in [3.63, 3.8) is 0 Å². The van der Waals surface area contributed by atoms with E-state index in [0.29, 0.717) is 12.1 Å². The van der Waals surface area contributed by atoms with Gasteiger partial charge in [0.1, 0.15) is 5.82 Å². The van der Waals surface area contributed by atoms with Gasteiger partial charge in [0.2, 0.25) is 5.91 Å². The lowest BCUT2D eigenvalue weighted by Crippen LogP contribution is -2.36. The Balaban J connectivity index is 0.00000200. The summed E-state index contributed by atoms with van der Waals surface area (Å²) < 4.78 is 13.5. The van der Waals surface area contributed by atoms with Crippen molar-refractivity contribution in [3.8, 4) is 0 Å². The summed E-state index contributed by atoms with van der Waals surface area (Å²) >= 11 is 0. The van der Waals surface area contributed by atoms with E-state index in [4.69, 9.17) is 0 Å². The van der Waals surface area contributed by atoms with Crippen LogP contribution in [0.1, 0.15) is 36.9 Å². The number of hydrogen-bond donors (Lipinski definition) is 2. The van der Waals surface area contributed by atoms with Gasteiger partial charge in [-0.15, -0.1) is 12.4 Å². The highest BCUT2D eigenvalue weighted by Crippen LogP contribution is 2.27. The second-order valence-electron chi connectivity index (χ2n) is 5.37. The van der Waals surface area contributed by atoms with Crippen LogP contribution in [0.4, 0.5) is 4.39 Å². The van der Waals surface area contributed by atoms with Gasteiger partial charge in [0.15, 0.2) is 0 Å². The molecule has 2 rings (SSSR count). The number of aryl methyl sites for hydroxylation is 1. The average molecular weight is 301 g/mol. The number of amides is 1. The van der Waals surface area contributed by atoms with Crippen LogP contribution in [0.15, 0.2) is 18.2 Å². The molecule has 1 aromatic rings. The van der Waals surface area contributed by atoms with Gasteiger partial charge in [-0.1, -0.05) is 12.1 Å². The summed E-state index contributed by atoms with van der Waals surface area (Å²) in [6.45, 7) is 4.84. The van der Waals surface area contributed by atoms with E-state index in [2.05, 4.69) is 10.6 Å². The van der Waals surface area contributed by atoms with Crippen LogP contribution in [-0.2, 0) is 4.79 Å². The molecule has 1 aliphatic rings. The molecule has 5 heteroatoms. The summed E-state index contributed by atoms with van der Waals surface area (Å²) in [5, 5.41) is 6.01. The van der Waals surface area contributed by atoms with Crippen molar-refractivity contribution in [2.75, 3.05) is 13.1 Å². The fourth-order valence-corrected chi connectivity index (χ4v) is 1.97. The average Bonchev–Trinajstić information content (AvgIpc) is 3.16. The third-order valence-corrected chi connectivity index (χ3v) is 3.49. The molecule has 1 unspecified atom stereocenters. The molecule has 1 saturated carbocycles. The molecule has 2 N–H and O–H groups in total. The van der Waals surface area contributed by atoms with Gasteiger partial charge < -0.3 is 10.6 Å². The lowest BCUT2D eigenvalue weighted by molar-refractivity contribution is -0.120. The minimum atomic E-state index is -0.231. The largest absolute Gasteiger partial charge is 0.348 e. The van der Waals surface area contributed by atoms with Crippen LogP contribution in [0.2, 0.25) is 0 Å². The van der Waals surface area contributed by atoms with Crippen LogP contribution in [0, 0.1) is 18.7 Å². The quantitative estimate of drug-likeness (QED) is 0.848. The van der Waals surface area contributed by atoms with E-state index in [-0.39, 0.29) is 30.2 Å². The zero-order valence-corrected chi connectivity index (χ0v) is 12.7. The van der Waals surface area contributed by atoms with Gasteiger partial charge in [0, 0.05) is 0 Å². The van der Waals surface area contributed by atoms with Gasteiger partial charge in [-0.2, -0.15) is 0 Å². The van der Waals surface area contributed by atoms with Crippen molar-refractivity contribution < 1.29 is 9.18 Å². The van der Waals surface area contributed by atoms with Gasteiger partial charge in [0.05, 0.1) is 12.6 Å². The highest BCUT2D eigenvalue weighted by molar-refractivity contribution is 5.85. The minimum absolute atomic E-state index is 0. The van der Waals surface area contributed by atoms with Gasteiger partial charge in [0.25, 0.3) is 0 Å². The van der Waals surface area contributed by atoms with Gasteiger partial charge >= 0.3 is 0 Å². The van der Waals surface area contributed by atoms with Crippen molar-refractivity contribution in [1.82, 2.24) is 10.6 Å². The van der Waals surface area contributed by atoms with E-state index in [1.165, 1.54) is 18.9 Å². The summed E-state index contributed by atoms with van der Waals surface area (Å²) in [6.07, 6.45) is 2.54. The first kappa shape index (κ1) is 16.9. The standard InChI is InChI=1S/C15H21FN2O.ClH/c1-10-3-6-13(7-14(10)16)11(2)18-15(19)9-17-8-12-4-5-12;/h3,6-7,11-12,17H,4-5,8-9H2,1-2H3,(H,18,19);1H. The van der Waals surface area contributed by atoms with Crippen molar-refractivity contribution in [2.45, 2.75) is 32.7 Å². The van der Waals surface area contributed by atoms with E-state index in [0.717, 1.165) is 18.0 Å². The lowest BCUT2D eigenvalue weighted by Gasteiger charge is -2.15. The van der Waals surface area contributed by atoms with Crippen LogP contribution < -0.4 is 10.6 Å². The summed E-state index contributed by atoms with van der Waals surface area (Å²) in [7, 11) is 0. The van der Waals surface area contributed by atoms with Crippen LogP contribution in [-0.4, -0.2) is 19.0 Å². The van der Waals surface area contributed by atoms with E-state index >= 15 is 0 Å². The Kier molecular flexibility index (Phi) is 6.43. The zero-order chi connectivity index (χ0) is 13.8. The Morgan fingerprint density at radius 2 is 2.15 bits per heavy atom. The molecule has 0 radical (unpaired) electrons. The molecular formula is C15H22ClFN2O. The van der Waals surface area contributed by atoms with Crippen molar-refractivity contribution >= 4 is 18.3 Å². The molecule has 1 aromatic carbocycles. The van der Waals surface area contributed by atoms with E-state index in [1.807, 2.05) is 13.0 Å². The molecule has 1 atom stereocenters. The molecule has 20 heavy (non-hydrogen) atoms. The Labute approximate surface area is 125 Å². The highest BCUT2D eigenvalue weighted by Gasteiger charge is 2.20. The van der Waals surface area contributed by atoms with Crippen molar-refractivity contribution in [1.29, 1.82) is 0 Å². The first-order valence-electron chi connectivity index (χ1n) is 6.82. The van der Waals surface area contributed by atoms with Gasteiger partial charge in [-0.05, 0) is 56.3 Å². The van der Waals surface area contributed by atoms with Crippen LogP contribution >= 0.6 is 12.4 Å². The summed E-state index contributed by atoms with van der Waals surface area (Å²) in [6, 6.07) is 4.89. The second kappa shape index (κ2) is 7.60. The third-order valence-electron chi connectivity index (χ3n) is 3.49. The number of rotatable bonds is 6. The molecule has 112 valence electrons. The van der Waals surface area contributed by atoms with Crippen LogP contribution in [0.3, 0.4) is 0 Å². The summed E-state index contributed by atoms with van der Waals surface area (Å²) in [5.41, 5.74) is 1.41. The smallest absolute Gasteiger partial charge is 0.234 e. The van der Waals surface area contributed by atoms with E-state index in [1.54, 1.807) is 13.0 Å². The molecule has 0 aliphatic heterocycles. The fourth-order valence-electron chi connectivity index (χ4n) is 1.97. The topological polar surface area (TPSA) is 41.1 Å². The minimum Gasteiger partial charge on any atom is -0.348 e. The Morgan fingerprint density at radius 1 is 1.45 bits per heavy atom. The molecule has 0 heterocycles. The third kappa shape index (κ3) is 5.10. The van der Waals surface area contributed by atoms with Gasteiger partial charge in [-0.3, -0.25) is 4.79 Å². The molecule has 1 aliphatic carbocycles. The summed E-state index contributed by atoms with van der Waals surface area (Å²) in [4.78, 5) is 11.7. The molecule has 0 saturated heterocycles. The van der Waals surface area contributed by atoms with Crippen molar-refractivity contribution in [3.05, 3.63) is 35.1 Å². The predicted molar refractivity (Wildman–Crippen MR) is 80.5 cm³/mol. The van der Waals surface area contributed by atoms with E-state index < -0.39 is 0 Å². The number of benzene rings is 1. The zero-order valence-electron chi connectivity index (χ0n) is 11.9. The van der Waals surface area contributed by atoms with E-state index in [9.17, 15) is 9.18 Å². The number of hydrogen-bond acceptors (Lipinski definition) is 2. The molecule has 0 aromatic heterocycles. The maximum atomic E-state index is 13.5. The molecule has 1 fully saturated rings. The Bertz CT molecular complexity index is 463. The van der Waals surface area contributed by atoms with Crippen LogP contribution in [0.5, 0.6) is 0 Å². The fraction of sp³-hybridized carbons (Fsp3) is 0.533. The molecular weight excluding hydrogens is 279 g/mol. The maximum Gasteiger partial charge on any atom is 0.234 e. The predicted octanol–water partition coefficient (Wildman–Crippen LogP) is 2.73. The normalized spacial score (nSPS) is 15.3. The Hall–Kier alpha value is -1.13.